The molecule has 2 aromatic carbocycles. The van der Waals surface area contributed by atoms with Crippen molar-refractivity contribution in [2.45, 2.75) is 39.6 Å². The third kappa shape index (κ3) is 6.73. The molecular formula is C23H26FN5O6. The first-order valence-electron chi connectivity index (χ1n) is 10.5. The molecule has 35 heavy (non-hydrogen) atoms. The Morgan fingerprint density at radius 3 is 2.57 bits per heavy atom. The number of amides is 1. The van der Waals surface area contributed by atoms with Crippen molar-refractivity contribution in [1.82, 2.24) is 14.8 Å². The summed E-state index contributed by atoms with van der Waals surface area (Å²) in [6.07, 6.45) is 0.794. The van der Waals surface area contributed by atoms with Crippen molar-refractivity contribution in [3.8, 4) is 17.1 Å². The van der Waals surface area contributed by atoms with Gasteiger partial charge in [-0.05, 0) is 50.6 Å². The number of aromatic nitrogens is 3. The van der Waals surface area contributed by atoms with Crippen molar-refractivity contribution in [2.24, 2.45) is 7.05 Å². The molecule has 0 aliphatic rings. The van der Waals surface area contributed by atoms with Crippen molar-refractivity contribution < 1.29 is 28.3 Å². The molecule has 0 saturated heterocycles. The van der Waals surface area contributed by atoms with E-state index in [-0.39, 0.29) is 36.0 Å². The summed E-state index contributed by atoms with van der Waals surface area (Å²) in [6.45, 7) is 4.99. The Labute approximate surface area is 201 Å². The fourth-order valence-corrected chi connectivity index (χ4v) is 3.20. The van der Waals surface area contributed by atoms with Crippen LogP contribution < -0.4 is 10.1 Å². The second-order valence-corrected chi connectivity index (χ2v) is 8.62. The highest BCUT2D eigenvalue weighted by molar-refractivity contribution is 5.85. The monoisotopic (exact) mass is 487 g/mol. The molecule has 3 rings (SSSR count). The van der Waals surface area contributed by atoms with Gasteiger partial charge in [0.2, 0.25) is 5.75 Å². The summed E-state index contributed by atoms with van der Waals surface area (Å²) in [4.78, 5) is 27.2. The Balaban J connectivity index is 1.77. The second-order valence-electron chi connectivity index (χ2n) is 8.62. The summed E-state index contributed by atoms with van der Waals surface area (Å²) in [5, 5.41) is 18.4. The number of nitrogens with one attached hydrogen (secondary N) is 1. The Bertz CT molecular complexity index is 1240. The number of ether oxygens (including phenoxy) is 3. The fourth-order valence-electron chi connectivity index (χ4n) is 3.20. The zero-order chi connectivity index (χ0) is 25.8. The third-order valence-electron chi connectivity index (χ3n) is 4.59. The molecule has 0 fully saturated rings. The third-order valence-corrected chi connectivity index (χ3v) is 4.59. The van der Waals surface area contributed by atoms with E-state index in [1.807, 2.05) is 0 Å². The lowest BCUT2D eigenvalue weighted by atomic mass is 10.1. The summed E-state index contributed by atoms with van der Waals surface area (Å²) in [5.74, 6) is -0.253. The summed E-state index contributed by atoms with van der Waals surface area (Å²) in [7, 11) is 3.00. The predicted octanol–water partition coefficient (Wildman–Crippen LogP) is 4.60. The molecule has 0 spiro atoms. The minimum absolute atomic E-state index is 0.0249. The maximum Gasteiger partial charge on any atom is 0.412 e. The number of methoxy groups -OCH3 is 1. The molecule has 12 heteroatoms. The Hall–Kier alpha value is -4.06. The SMILES string of the molecule is COc1c(-c2ncn(C)n2)cc(COCc2cc(NC(=O)OC(C)(C)C)ccc2F)cc1[N+](=O)[O-]. The summed E-state index contributed by atoms with van der Waals surface area (Å²) in [6, 6.07) is 6.98. The molecule has 3 aromatic rings. The molecule has 11 nitrogen and oxygen atoms in total. The van der Waals surface area contributed by atoms with Crippen LogP contribution in [0.4, 0.5) is 20.6 Å². The van der Waals surface area contributed by atoms with Crippen molar-refractivity contribution in [3.05, 3.63) is 63.7 Å². The number of nitrogens with zero attached hydrogens (tertiary/aromatic N) is 4. The van der Waals surface area contributed by atoms with E-state index in [4.69, 9.17) is 14.2 Å². The summed E-state index contributed by atoms with van der Waals surface area (Å²) >= 11 is 0. The number of aryl methyl sites for hydroxylation is 1. The van der Waals surface area contributed by atoms with E-state index < -0.39 is 22.4 Å². The maximum absolute atomic E-state index is 14.3. The standard InChI is InChI=1S/C23H26FN5O6/c1-23(2,3)35-22(30)26-16-6-7-18(24)15(10-16)12-34-11-14-8-17(21-25-13-28(4)27-21)20(33-5)19(9-14)29(31)32/h6-10,13H,11-12H2,1-5H3,(H,26,30). The summed E-state index contributed by atoms with van der Waals surface area (Å²) in [5.41, 5.74) is 0.349. The highest BCUT2D eigenvalue weighted by Crippen LogP contribution is 2.38. The van der Waals surface area contributed by atoms with Crippen LogP contribution >= 0.6 is 0 Å². The quantitative estimate of drug-likeness (QED) is 0.360. The van der Waals surface area contributed by atoms with Crippen molar-refractivity contribution in [3.63, 3.8) is 0 Å². The van der Waals surface area contributed by atoms with Crippen LogP contribution in [0.15, 0.2) is 36.7 Å². The van der Waals surface area contributed by atoms with Gasteiger partial charge in [0, 0.05) is 24.4 Å². The second kappa shape index (κ2) is 10.5. The van der Waals surface area contributed by atoms with Crippen LogP contribution in [0.3, 0.4) is 0 Å². The predicted molar refractivity (Wildman–Crippen MR) is 124 cm³/mol. The number of hydrogen-bond acceptors (Lipinski definition) is 8. The first kappa shape index (κ1) is 25.6. The molecule has 186 valence electrons. The van der Waals surface area contributed by atoms with Gasteiger partial charge in [0.15, 0.2) is 5.82 Å². The van der Waals surface area contributed by atoms with Crippen molar-refractivity contribution in [2.75, 3.05) is 12.4 Å². The van der Waals surface area contributed by atoms with Gasteiger partial charge < -0.3 is 14.2 Å². The smallest absolute Gasteiger partial charge is 0.412 e. The maximum atomic E-state index is 14.3. The first-order valence-corrected chi connectivity index (χ1v) is 10.5. The molecule has 0 atom stereocenters. The number of rotatable bonds is 8. The van der Waals surface area contributed by atoms with E-state index in [1.54, 1.807) is 33.9 Å². The molecular weight excluding hydrogens is 461 g/mol. The lowest BCUT2D eigenvalue weighted by Crippen LogP contribution is -2.27. The molecule has 0 unspecified atom stereocenters. The number of anilines is 1. The molecule has 1 aromatic heterocycles. The minimum Gasteiger partial charge on any atom is -0.490 e. The van der Waals surface area contributed by atoms with E-state index in [2.05, 4.69) is 15.4 Å². The van der Waals surface area contributed by atoms with Gasteiger partial charge in [-0.25, -0.2) is 14.2 Å². The van der Waals surface area contributed by atoms with Gasteiger partial charge in [0.1, 0.15) is 17.7 Å². The lowest BCUT2D eigenvalue weighted by molar-refractivity contribution is -0.385. The highest BCUT2D eigenvalue weighted by Gasteiger charge is 2.24. The van der Waals surface area contributed by atoms with Gasteiger partial charge in [0.25, 0.3) is 0 Å². The topological polar surface area (TPSA) is 131 Å². The van der Waals surface area contributed by atoms with E-state index in [0.717, 1.165) is 0 Å². The highest BCUT2D eigenvalue weighted by atomic mass is 19.1. The minimum atomic E-state index is -0.680. The lowest BCUT2D eigenvalue weighted by Gasteiger charge is -2.19. The van der Waals surface area contributed by atoms with Gasteiger partial charge in [-0.15, -0.1) is 0 Å². The molecule has 1 N–H and O–H groups in total. The molecule has 0 bridgehead atoms. The van der Waals surface area contributed by atoms with Crippen LogP contribution in [0.5, 0.6) is 5.75 Å². The summed E-state index contributed by atoms with van der Waals surface area (Å²) < 4.78 is 31.9. The number of carbonyl (C=O) groups is 1. The van der Waals surface area contributed by atoms with Gasteiger partial charge in [-0.3, -0.25) is 20.1 Å². The molecule has 1 heterocycles. The first-order chi connectivity index (χ1) is 16.5. The van der Waals surface area contributed by atoms with E-state index >= 15 is 0 Å². The number of nitro benzene ring substituents is 1. The molecule has 0 radical (unpaired) electrons. The van der Waals surface area contributed by atoms with Crippen LogP contribution in [-0.2, 0) is 29.7 Å². The molecule has 0 saturated carbocycles. The number of halogens is 1. The van der Waals surface area contributed by atoms with Crippen molar-refractivity contribution in [1.29, 1.82) is 0 Å². The van der Waals surface area contributed by atoms with Crippen molar-refractivity contribution >= 4 is 17.5 Å². The zero-order valence-electron chi connectivity index (χ0n) is 20.0. The van der Waals surface area contributed by atoms with E-state index in [0.29, 0.717) is 16.8 Å². The number of carbonyl (C=O) groups excluding carboxylic acids is 1. The van der Waals surface area contributed by atoms with Crippen LogP contribution in [0.1, 0.15) is 31.9 Å². The van der Waals surface area contributed by atoms with Gasteiger partial charge in [-0.2, -0.15) is 5.10 Å². The normalized spacial score (nSPS) is 11.3. The van der Waals surface area contributed by atoms with Gasteiger partial charge >= 0.3 is 11.8 Å². The largest absolute Gasteiger partial charge is 0.490 e. The molecule has 0 aliphatic carbocycles. The Kier molecular flexibility index (Phi) is 7.65. The Morgan fingerprint density at radius 2 is 1.97 bits per heavy atom. The van der Waals surface area contributed by atoms with Crippen LogP contribution in [0.2, 0.25) is 0 Å². The van der Waals surface area contributed by atoms with Crippen LogP contribution in [0, 0.1) is 15.9 Å². The average molecular weight is 487 g/mol. The fraction of sp³-hybridized carbons (Fsp3) is 0.348. The van der Waals surface area contributed by atoms with E-state index in [1.165, 1.54) is 42.4 Å². The molecule has 0 aliphatic heterocycles. The van der Waals surface area contributed by atoms with Crippen LogP contribution in [0.25, 0.3) is 11.4 Å². The average Bonchev–Trinajstić information content (AvgIpc) is 3.20. The Morgan fingerprint density at radius 1 is 1.23 bits per heavy atom. The van der Waals surface area contributed by atoms with Gasteiger partial charge in [0.05, 0.1) is 30.8 Å². The number of hydrogen-bond donors (Lipinski definition) is 1. The molecule has 1 amide bonds. The van der Waals surface area contributed by atoms with Crippen LogP contribution in [-0.4, -0.2) is 38.5 Å². The number of benzene rings is 2. The van der Waals surface area contributed by atoms with E-state index in [9.17, 15) is 19.3 Å². The number of nitro groups is 1. The zero-order valence-corrected chi connectivity index (χ0v) is 20.0. The van der Waals surface area contributed by atoms with Gasteiger partial charge in [-0.1, -0.05) is 0 Å².